The lowest BCUT2D eigenvalue weighted by Crippen LogP contribution is -2.41. The highest BCUT2D eigenvalue weighted by Crippen LogP contribution is 2.20. The van der Waals surface area contributed by atoms with Gasteiger partial charge >= 0.3 is 0 Å². The molecular weight excluding hydrogens is 308 g/mol. The Morgan fingerprint density at radius 3 is 2.83 bits per heavy atom. The molecule has 8 nitrogen and oxygen atoms in total. The molecule has 3 rings (SSSR count). The molecule has 1 N–H and O–H groups in total. The number of fused-ring (bicyclic) bond motifs is 1. The number of carbonyl (C=O) groups is 1. The quantitative estimate of drug-likeness (QED) is 0.832. The summed E-state index contributed by atoms with van der Waals surface area (Å²) in [6, 6.07) is 0. The summed E-state index contributed by atoms with van der Waals surface area (Å²) in [5, 5.41) is 7.65. The first-order chi connectivity index (χ1) is 11.6. The van der Waals surface area contributed by atoms with E-state index >= 15 is 0 Å². The lowest BCUT2D eigenvalue weighted by Gasteiger charge is -2.32. The van der Waals surface area contributed by atoms with Gasteiger partial charge in [0.1, 0.15) is 18.3 Å². The first kappa shape index (κ1) is 16.6. The van der Waals surface area contributed by atoms with Crippen LogP contribution in [0.2, 0.25) is 0 Å². The van der Waals surface area contributed by atoms with Crippen LogP contribution in [-0.4, -0.2) is 56.8 Å². The van der Waals surface area contributed by atoms with Crippen LogP contribution in [0.25, 0.3) is 11.0 Å². The van der Waals surface area contributed by atoms with Crippen LogP contribution in [0.1, 0.15) is 19.3 Å². The van der Waals surface area contributed by atoms with Gasteiger partial charge in [0.15, 0.2) is 5.65 Å². The minimum atomic E-state index is -0.217. The van der Waals surface area contributed by atoms with E-state index < -0.39 is 0 Å². The summed E-state index contributed by atoms with van der Waals surface area (Å²) in [5.74, 6) is 0.659. The van der Waals surface area contributed by atoms with Gasteiger partial charge in [-0.1, -0.05) is 0 Å². The van der Waals surface area contributed by atoms with Crippen LogP contribution in [0, 0.1) is 5.92 Å². The molecule has 1 aliphatic heterocycles. The number of rotatable bonds is 5. The topological polar surface area (TPSA) is 85.1 Å². The molecule has 0 bridgehead atoms. The van der Waals surface area contributed by atoms with Gasteiger partial charge in [0, 0.05) is 20.1 Å². The van der Waals surface area contributed by atoms with Crippen molar-refractivity contribution >= 4 is 16.9 Å². The van der Waals surface area contributed by atoms with Crippen LogP contribution >= 0.6 is 0 Å². The zero-order valence-electron chi connectivity index (χ0n) is 14.2. The molecule has 1 saturated heterocycles. The Morgan fingerprint density at radius 2 is 2.12 bits per heavy atom. The van der Waals surface area contributed by atoms with E-state index in [1.807, 2.05) is 11.9 Å². The van der Waals surface area contributed by atoms with Crippen molar-refractivity contribution in [3.63, 3.8) is 0 Å². The van der Waals surface area contributed by atoms with Crippen LogP contribution in [0.4, 0.5) is 0 Å². The first-order valence-corrected chi connectivity index (χ1v) is 8.39. The van der Waals surface area contributed by atoms with Crippen LogP contribution in [0.3, 0.4) is 0 Å². The number of aryl methyl sites for hydroxylation is 1. The Morgan fingerprint density at radius 1 is 1.38 bits per heavy atom. The van der Waals surface area contributed by atoms with Crippen molar-refractivity contribution < 1.29 is 4.79 Å². The normalized spacial score (nSPS) is 16.0. The molecule has 0 unspecified atom stereocenters. The summed E-state index contributed by atoms with van der Waals surface area (Å²) in [5.41, 5.74) is 0.319. The second-order valence-corrected chi connectivity index (χ2v) is 6.40. The van der Waals surface area contributed by atoms with Crippen molar-refractivity contribution in [3.8, 4) is 0 Å². The van der Waals surface area contributed by atoms with Gasteiger partial charge in [0.2, 0.25) is 5.91 Å². The molecule has 8 heteroatoms. The molecule has 0 saturated carbocycles. The van der Waals surface area contributed by atoms with Crippen molar-refractivity contribution in [2.24, 2.45) is 13.0 Å². The van der Waals surface area contributed by atoms with Gasteiger partial charge in [-0.05, 0) is 38.8 Å². The van der Waals surface area contributed by atoms with E-state index in [9.17, 15) is 9.59 Å². The highest BCUT2D eigenvalue weighted by molar-refractivity contribution is 5.77. The SMILES string of the molecule is CNCCC1CCN(C(=O)Cn2cnc3c(cnn3C)c2=O)CC1. The maximum atomic E-state index is 12.5. The van der Waals surface area contributed by atoms with Crippen molar-refractivity contribution in [2.45, 2.75) is 25.8 Å². The molecule has 3 heterocycles. The largest absolute Gasteiger partial charge is 0.341 e. The molecule has 0 atom stereocenters. The molecule has 1 aliphatic rings. The average molecular weight is 332 g/mol. The summed E-state index contributed by atoms with van der Waals surface area (Å²) < 4.78 is 2.93. The van der Waals surface area contributed by atoms with Gasteiger partial charge in [-0.2, -0.15) is 5.10 Å². The number of amides is 1. The van der Waals surface area contributed by atoms with Crippen molar-refractivity contribution in [2.75, 3.05) is 26.7 Å². The fourth-order valence-corrected chi connectivity index (χ4v) is 3.24. The molecule has 130 valence electrons. The standard InChI is InChI=1S/C16H24N6O2/c1-17-6-3-12-4-7-21(8-5-12)14(23)10-22-11-18-15-13(16(22)24)9-19-20(15)2/h9,11-12,17H,3-8,10H2,1-2H3. The van der Waals surface area contributed by atoms with Crippen LogP contribution in [0.15, 0.2) is 17.3 Å². The summed E-state index contributed by atoms with van der Waals surface area (Å²) in [7, 11) is 3.70. The molecule has 24 heavy (non-hydrogen) atoms. The third-order valence-electron chi connectivity index (χ3n) is 4.79. The number of carbonyl (C=O) groups excluding carboxylic acids is 1. The maximum Gasteiger partial charge on any atom is 0.264 e. The summed E-state index contributed by atoms with van der Waals surface area (Å²) in [4.78, 5) is 31.0. The van der Waals surface area contributed by atoms with Crippen LogP contribution in [0.5, 0.6) is 0 Å². The number of likely N-dealkylation sites (tertiary alicyclic amines) is 1. The molecular formula is C16H24N6O2. The van der Waals surface area contributed by atoms with Crippen molar-refractivity contribution in [1.82, 2.24) is 29.5 Å². The van der Waals surface area contributed by atoms with Crippen molar-refractivity contribution in [3.05, 3.63) is 22.9 Å². The molecule has 0 aliphatic carbocycles. The third kappa shape index (κ3) is 3.33. The van der Waals surface area contributed by atoms with E-state index in [1.54, 1.807) is 11.7 Å². The molecule has 1 amide bonds. The van der Waals surface area contributed by atoms with E-state index in [0.717, 1.165) is 38.9 Å². The van der Waals surface area contributed by atoms with Crippen LogP contribution < -0.4 is 10.9 Å². The van der Waals surface area contributed by atoms with E-state index in [-0.39, 0.29) is 18.0 Å². The molecule has 1 fully saturated rings. The predicted molar refractivity (Wildman–Crippen MR) is 90.6 cm³/mol. The fraction of sp³-hybridized carbons (Fsp3) is 0.625. The summed E-state index contributed by atoms with van der Waals surface area (Å²) in [6.45, 7) is 2.59. The van der Waals surface area contributed by atoms with Crippen molar-refractivity contribution in [1.29, 1.82) is 0 Å². The third-order valence-corrected chi connectivity index (χ3v) is 4.79. The second kappa shape index (κ2) is 7.12. The minimum absolute atomic E-state index is 0.0193. The minimum Gasteiger partial charge on any atom is -0.341 e. The zero-order valence-corrected chi connectivity index (χ0v) is 14.2. The number of piperidine rings is 1. The van der Waals surface area contributed by atoms with Gasteiger partial charge < -0.3 is 10.2 Å². The maximum absolute atomic E-state index is 12.5. The van der Waals surface area contributed by atoms with E-state index in [0.29, 0.717) is 17.0 Å². The number of nitrogens with zero attached hydrogens (tertiary/aromatic N) is 5. The summed E-state index contributed by atoms with van der Waals surface area (Å²) in [6.07, 6.45) is 6.15. The zero-order chi connectivity index (χ0) is 17.1. The lowest BCUT2D eigenvalue weighted by atomic mass is 9.93. The lowest BCUT2D eigenvalue weighted by molar-refractivity contribution is -0.133. The summed E-state index contributed by atoms with van der Waals surface area (Å²) >= 11 is 0. The molecule has 2 aromatic heterocycles. The monoisotopic (exact) mass is 332 g/mol. The van der Waals surface area contributed by atoms with E-state index in [1.165, 1.54) is 17.1 Å². The molecule has 2 aromatic rings. The Kier molecular flexibility index (Phi) is 4.94. The van der Waals surface area contributed by atoms with Gasteiger partial charge in [-0.15, -0.1) is 0 Å². The highest BCUT2D eigenvalue weighted by atomic mass is 16.2. The number of hydrogen-bond acceptors (Lipinski definition) is 5. The van der Waals surface area contributed by atoms with E-state index in [4.69, 9.17) is 0 Å². The molecule has 0 radical (unpaired) electrons. The first-order valence-electron chi connectivity index (χ1n) is 8.39. The Hall–Kier alpha value is -2.22. The van der Waals surface area contributed by atoms with Gasteiger partial charge in [-0.25, -0.2) is 4.98 Å². The second-order valence-electron chi connectivity index (χ2n) is 6.40. The van der Waals surface area contributed by atoms with Gasteiger partial charge in [0.05, 0.1) is 6.20 Å². The molecule has 0 aromatic carbocycles. The van der Waals surface area contributed by atoms with Crippen LogP contribution in [-0.2, 0) is 18.4 Å². The fourth-order valence-electron chi connectivity index (χ4n) is 3.24. The number of nitrogens with one attached hydrogen (secondary N) is 1. The Labute approximate surface area is 140 Å². The number of hydrogen-bond donors (Lipinski definition) is 1. The highest BCUT2D eigenvalue weighted by Gasteiger charge is 2.23. The Balaban J connectivity index is 1.63. The Bertz CT molecular complexity index is 772. The predicted octanol–water partition coefficient (Wildman–Crippen LogP) is -0.0219. The van der Waals surface area contributed by atoms with E-state index in [2.05, 4.69) is 15.4 Å². The number of aromatic nitrogens is 4. The van der Waals surface area contributed by atoms with Gasteiger partial charge in [0.25, 0.3) is 5.56 Å². The smallest absolute Gasteiger partial charge is 0.264 e. The molecule has 0 spiro atoms. The average Bonchev–Trinajstić information content (AvgIpc) is 2.98. The van der Waals surface area contributed by atoms with Gasteiger partial charge in [-0.3, -0.25) is 18.8 Å².